The number of sulfone groups is 1. The number of piperazine rings is 1. The van der Waals surface area contributed by atoms with Crippen LogP contribution in [0.15, 0.2) is 83.4 Å². The molecule has 0 radical (unpaired) electrons. The zero-order valence-corrected chi connectivity index (χ0v) is 18.8. The first-order valence-electron chi connectivity index (χ1n) is 10.2. The molecule has 0 saturated carbocycles. The molecule has 6 nitrogen and oxygen atoms in total. The molecular formula is C24H22ClN3O3S. The van der Waals surface area contributed by atoms with E-state index in [0.29, 0.717) is 23.7 Å². The molecule has 0 spiro atoms. The number of anilines is 1. The molecule has 1 aliphatic heterocycles. The summed E-state index contributed by atoms with van der Waals surface area (Å²) in [6.07, 6.45) is 5.03. The number of benzene rings is 2. The third kappa shape index (κ3) is 5.18. The van der Waals surface area contributed by atoms with Gasteiger partial charge in [-0.2, -0.15) is 0 Å². The van der Waals surface area contributed by atoms with Crippen molar-refractivity contribution in [2.24, 2.45) is 0 Å². The number of nitrogens with zero attached hydrogens (tertiary/aromatic N) is 3. The van der Waals surface area contributed by atoms with Gasteiger partial charge in [-0.05, 0) is 60.2 Å². The summed E-state index contributed by atoms with van der Waals surface area (Å²) in [5.74, 6) is -0.0972. The summed E-state index contributed by atoms with van der Waals surface area (Å²) < 4.78 is 25.2. The van der Waals surface area contributed by atoms with Crippen LogP contribution < -0.4 is 4.90 Å². The van der Waals surface area contributed by atoms with Gasteiger partial charge in [-0.25, -0.2) is 8.42 Å². The largest absolute Gasteiger partial charge is 0.368 e. The Morgan fingerprint density at radius 1 is 0.875 bits per heavy atom. The fourth-order valence-electron chi connectivity index (χ4n) is 3.51. The number of hydrogen-bond acceptors (Lipinski definition) is 5. The number of carbonyl (C=O) groups excluding carboxylic acids is 1. The molecule has 4 rings (SSSR count). The van der Waals surface area contributed by atoms with E-state index in [4.69, 9.17) is 11.6 Å². The summed E-state index contributed by atoms with van der Waals surface area (Å²) in [4.78, 5) is 21.0. The fourth-order valence-corrected chi connectivity index (χ4v) is 4.65. The zero-order valence-electron chi connectivity index (χ0n) is 17.3. The second-order valence-electron chi connectivity index (χ2n) is 7.41. The fraction of sp³-hybridized carbons (Fsp3) is 0.167. The van der Waals surface area contributed by atoms with Gasteiger partial charge in [-0.3, -0.25) is 9.78 Å². The third-order valence-corrected chi connectivity index (χ3v) is 7.01. The molecule has 0 bridgehead atoms. The summed E-state index contributed by atoms with van der Waals surface area (Å²) in [7, 11) is -3.62. The normalized spacial score (nSPS) is 14.7. The van der Waals surface area contributed by atoms with Crippen molar-refractivity contribution in [3.63, 3.8) is 0 Å². The standard InChI is InChI=1S/C24H22ClN3O3S/c25-21-5-1-19(2-6-21)11-18-32(30,31)23-7-3-20(4-8-23)24(29)28-16-14-27(15-17-28)22-9-12-26-13-10-22/h1-13,18H,14-17H2. The lowest BCUT2D eigenvalue weighted by Crippen LogP contribution is -2.48. The second-order valence-corrected chi connectivity index (χ2v) is 9.68. The number of hydrogen-bond donors (Lipinski definition) is 0. The summed E-state index contributed by atoms with van der Waals surface area (Å²) in [5, 5.41) is 1.75. The predicted molar refractivity (Wildman–Crippen MR) is 126 cm³/mol. The molecule has 1 aromatic heterocycles. The van der Waals surface area contributed by atoms with Gasteiger partial charge in [0.25, 0.3) is 5.91 Å². The highest BCUT2D eigenvalue weighted by Crippen LogP contribution is 2.19. The Hall–Kier alpha value is -3.16. The smallest absolute Gasteiger partial charge is 0.253 e. The molecule has 2 aromatic carbocycles. The van der Waals surface area contributed by atoms with Gasteiger partial charge < -0.3 is 9.80 Å². The van der Waals surface area contributed by atoms with E-state index in [9.17, 15) is 13.2 Å². The number of halogens is 1. The molecule has 1 aliphatic rings. The molecule has 0 aliphatic carbocycles. The van der Waals surface area contributed by atoms with Gasteiger partial charge in [-0.1, -0.05) is 23.7 Å². The van der Waals surface area contributed by atoms with Gasteiger partial charge in [0.05, 0.1) is 4.90 Å². The highest BCUT2D eigenvalue weighted by atomic mass is 35.5. The highest BCUT2D eigenvalue weighted by Gasteiger charge is 2.22. The topological polar surface area (TPSA) is 70.6 Å². The Morgan fingerprint density at radius 2 is 1.50 bits per heavy atom. The lowest BCUT2D eigenvalue weighted by atomic mass is 10.2. The van der Waals surface area contributed by atoms with Crippen molar-refractivity contribution in [3.05, 3.63) is 94.6 Å². The SMILES string of the molecule is O=C(c1ccc(S(=O)(=O)C=Cc2ccc(Cl)cc2)cc1)N1CCN(c2ccncc2)CC1. The van der Waals surface area contributed by atoms with Gasteiger partial charge in [0, 0.05) is 60.3 Å². The minimum Gasteiger partial charge on any atom is -0.368 e. The molecule has 3 aromatic rings. The van der Waals surface area contributed by atoms with Crippen molar-refractivity contribution < 1.29 is 13.2 Å². The van der Waals surface area contributed by atoms with E-state index in [1.165, 1.54) is 18.2 Å². The van der Waals surface area contributed by atoms with E-state index in [0.717, 1.165) is 29.7 Å². The van der Waals surface area contributed by atoms with Gasteiger partial charge in [0.1, 0.15) is 0 Å². The monoisotopic (exact) mass is 467 g/mol. The average Bonchev–Trinajstić information content (AvgIpc) is 2.84. The number of carbonyl (C=O) groups is 1. The number of aromatic nitrogens is 1. The molecular weight excluding hydrogens is 446 g/mol. The molecule has 0 N–H and O–H groups in total. The van der Waals surface area contributed by atoms with E-state index >= 15 is 0 Å². The van der Waals surface area contributed by atoms with Crippen LogP contribution in [-0.2, 0) is 9.84 Å². The molecule has 1 fully saturated rings. The van der Waals surface area contributed by atoms with E-state index in [1.807, 2.05) is 12.1 Å². The van der Waals surface area contributed by atoms with Gasteiger partial charge in [0.15, 0.2) is 9.84 Å². The van der Waals surface area contributed by atoms with Crippen molar-refractivity contribution in [2.45, 2.75) is 4.90 Å². The maximum atomic E-state index is 12.9. The summed E-state index contributed by atoms with van der Waals surface area (Å²) >= 11 is 5.85. The first kappa shape index (κ1) is 22.0. The van der Waals surface area contributed by atoms with E-state index < -0.39 is 9.84 Å². The van der Waals surface area contributed by atoms with Crippen molar-refractivity contribution >= 4 is 39.1 Å². The van der Waals surface area contributed by atoms with Crippen LogP contribution in [0.4, 0.5) is 5.69 Å². The van der Waals surface area contributed by atoms with Crippen LogP contribution in [0.2, 0.25) is 5.02 Å². The maximum absolute atomic E-state index is 12.9. The molecule has 164 valence electrons. The third-order valence-electron chi connectivity index (χ3n) is 5.33. The van der Waals surface area contributed by atoms with Crippen molar-refractivity contribution in [2.75, 3.05) is 31.1 Å². The molecule has 1 amide bonds. The first-order chi connectivity index (χ1) is 15.4. The second kappa shape index (κ2) is 9.54. The van der Waals surface area contributed by atoms with Crippen molar-refractivity contribution in [3.8, 4) is 0 Å². The minimum atomic E-state index is -3.62. The van der Waals surface area contributed by atoms with Crippen LogP contribution in [0.5, 0.6) is 0 Å². The first-order valence-corrected chi connectivity index (χ1v) is 12.1. The Kier molecular flexibility index (Phi) is 6.58. The van der Waals surface area contributed by atoms with Gasteiger partial charge >= 0.3 is 0 Å². The molecule has 2 heterocycles. The van der Waals surface area contributed by atoms with Crippen molar-refractivity contribution in [1.82, 2.24) is 9.88 Å². The van der Waals surface area contributed by atoms with Gasteiger partial charge in [0.2, 0.25) is 0 Å². The number of rotatable bonds is 5. The lowest BCUT2D eigenvalue weighted by molar-refractivity contribution is 0.0746. The Labute approximate surface area is 192 Å². The number of pyridine rings is 1. The van der Waals surface area contributed by atoms with E-state index in [1.54, 1.807) is 53.7 Å². The van der Waals surface area contributed by atoms with Crippen molar-refractivity contribution in [1.29, 1.82) is 0 Å². The zero-order chi connectivity index (χ0) is 22.6. The molecule has 0 atom stereocenters. The quantitative estimate of drug-likeness (QED) is 0.564. The van der Waals surface area contributed by atoms with Crippen LogP contribution in [0, 0.1) is 0 Å². The van der Waals surface area contributed by atoms with E-state index in [2.05, 4.69) is 9.88 Å². The Bertz CT molecular complexity index is 1200. The average molecular weight is 468 g/mol. The van der Waals surface area contributed by atoms with Gasteiger partial charge in [-0.15, -0.1) is 0 Å². The minimum absolute atomic E-state index is 0.0972. The lowest BCUT2D eigenvalue weighted by Gasteiger charge is -2.36. The molecule has 8 heteroatoms. The molecule has 1 saturated heterocycles. The molecule has 32 heavy (non-hydrogen) atoms. The summed E-state index contributed by atoms with van der Waals surface area (Å²) in [6, 6.07) is 16.9. The summed E-state index contributed by atoms with van der Waals surface area (Å²) in [5.41, 5.74) is 2.30. The van der Waals surface area contributed by atoms with Crippen LogP contribution >= 0.6 is 11.6 Å². The predicted octanol–water partition coefficient (Wildman–Crippen LogP) is 4.14. The van der Waals surface area contributed by atoms with Crippen LogP contribution in [-0.4, -0.2) is 50.4 Å². The molecule has 0 unspecified atom stereocenters. The summed E-state index contributed by atoms with van der Waals surface area (Å²) in [6.45, 7) is 2.67. The van der Waals surface area contributed by atoms with E-state index in [-0.39, 0.29) is 10.8 Å². The Balaban J connectivity index is 1.39. The van der Waals surface area contributed by atoms with Crippen LogP contribution in [0.25, 0.3) is 6.08 Å². The van der Waals surface area contributed by atoms with Crippen LogP contribution in [0.1, 0.15) is 15.9 Å². The van der Waals surface area contributed by atoms with Crippen LogP contribution in [0.3, 0.4) is 0 Å². The maximum Gasteiger partial charge on any atom is 0.253 e. The Morgan fingerprint density at radius 3 is 2.12 bits per heavy atom. The highest BCUT2D eigenvalue weighted by molar-refractivity contribution is 7.94. The number of amides is 1.